The Hall–Kier alpha value is -2.84. The number of furan rings is 1. The molecule has 0 atom stereocenters. The van der Waals surface area contributed by atoms with Crippen LogP contribution in [0.5, 0.6) is 0 Å². The van der Waals surface area contributed by atoms with Gasteiger partial charge in [0.2, 0.25) is 0 Å². The second-order valence-electron chi connectivity index (χ2n) is 7.13. The van der Waals surface area contributed by atoms with E-state index in [9.17, 15) is 9.18 Å². The molecule has 0 saturated heterocycles. The van der Waals surface area contributed by atoms with Crippen molar-refractivity contribution in [3.05, 3.63) is 75.7 Å². The second kappa shape index (κ2) is 8.89. The van der Waals surface area contributed by atoms with E-state index in [0.29, 0.717) is 36.0 Å². The van der Waals surface area contributed by atoms with E-state index >= 15 is 0 Å². The molecule has 158 valence electrons. The van der Waals surface area contributed by atoms with Gasteiger partial charge in [0, 0.05) is 36.3 Å². The first kappa shape index (κ1) is 20.4. The Kier molecular flexibility index (Phi) is 6.06. The van der Waals surface area contributed by atoms with Crippen LogP contribution in [0.2, 0.25) is 5.02 Å². The molecule has 4 rings (SSSR count). The summed E-state index contributed by atoms with van der Waals surface area (Å²) in [4.78, 5) is 14.3. The Morgan fingerprint density at radius 1 is 1.37 bits per heavy atom. The Morgan fingerprint density at radius 3 is 3.00 bits per heavy atom. The van der Waals surface area contributed by atoms with Crippen LogP contribution in [0.1, 0.15) is 28.3 Å². The Balaban J connectivity index is 1.38. The van der Waals surface area contributed by atoms with E-state index in [1.54, 1.807) is 23.3 Å². The summed E-state index contributed by atoms with van der Waals surface area (Å²) in [6, 6.07) is 7.69. The van der Waals surface area contributed by atoms with Gasteiger partial charge in [0.1, 0.15) is 11.6 Å². The van der Waals surface area contributed by atoms with Crippen molar-refractivity contribution in [1.82, 2.24) is 20.0 Å². The molecule has 7 nitrogen and oxygen atoms in total. The van der Waals surface area contributed by atoms with E-state index in [1.807, 2.05) is 17.8 Å². The lowest BCUT2D eigenvalue weighted by molar-refractivity contribution is 0.103. The third-order valence-corrected chi connectivity index (χ3v) is 5.47. The predicted octanol–water partition coefficient (Wildman–Crippen LogP) is 3.79. The van der Waals surface area contributed by atoms with Gasteiger partial charge in [0.25, 0.3) is 0 Å². The Morgan fingerprint density at radius 2 is 2.23 bits per heavy atom. The number of hydrogen-bond donors (Lipinski definition) is 1. The number of urea groups is 1. The van der Waals surface area contributed by atoms with E-state index in [1.165, 1.54) is 12.1 Å². The molecule has 0 saturated carbocycles. The predicted molar refractivity (Wildman–Crippen MR) is 108 cm³/mol. The normalized spacial score (nSPS) is 13.4. The van der Waals surface area contributed by atoms with Gasteiger partial charge >= 0.3 is 6.03 Å². The lowest BCUT2D eigenvalue weighted by Crippen LogP contribution is -2.42. The minimum absolute atomic E-state index is 0.147. The average molecular weight is 433 g/mol. The van der Waals surface area contributed by atoms with Crippen LogP contribution in [0.4, 0.5) is 9.18 Å². The fourth-order valence-electron chi connectivity index (χ4n) is 3.54. The maximum Gasteiger partial charge on any atom is 0.318 e. The molecule has 1 aromatic carbocycles. The van der Waals surface area contributed by atoms with Gasteiger partial charge in [0.15, 0.2) is 0 Å². The van der Waals surface area contributed by atoms with Crippen molar-refractivity contribution in [2.75, 3.05) is 6.54 Å². The molecular weight excluding hydrogens is 411 g/mol. The maximum atomic E-state index is 13.2. The number of nitrogens with one attached hydrogen (secondary N) is 1. The van der Waals surface area contributed by atoms with Crippen LogP contribution in [0.15, 0.2) is 41.0 Å². The molecule has 1 aliphatic rings. The standard InChI is InChI=1S/C21H22ClFN4O3/c1-26-20-6-7-27(21(28)24-10-16-3-2-8-30-16)11-17(20)19(25-26)13-29-12-14-4-5-15(23)9-18(14)22/h2-5,8-9H,6-7,10-13H2,1H3,(H,24,28). The third kappa shape index (κ3) is 4.49. The van der Waals surface area contributed by atoms with E-state index in [2.05, 4.69) is 10.4 Å². The topological polar surface area (TPSA) is 72.5 Å². The third-order valence-electron chi connectivity index (χ3n) is 5.12. The largest absolute Gasteiger partial charge is 0.467 e. The van der Waals surface area contributed by atoms with Gasteiger partial charge in [-0.25, -0.2) is 9.18 Å². The number of benzene rings is 1. The molecule has 0 radical (unpaired) electrons. The number of aryl methyl sites for hydroxylation is 1. The van der Waals surface area contributed by atoms with Crippen molar-refractivity contribution < 1.29 is 18.3 Å². The van der Waals surface area contributed by atoms with Crippen molar-refractivity contribution in [2.45, 2.75) is 32.7 Å². The van der Waals surface area contributed by atoms with E-state index < -0.39 is 0 Å². The molecule has 0 spiro atoms. The molecule has 0 aliphatic carbocycles. The zero-order chi connectivity index (χ0) is 21.1. The monoisotopic (exact) mass is 432 g/mol. The van der Waals surface area contributed by atoms with Crippen LogP contribution >= 0.6 is 11.6 Å². The summed E-state index contributed by atoms with van der Waals surface area (Å²) >= 11 is 6.05. The van der Waals surface area contributed by atoms with Gasteiger partial charge in [-0.15, -0.1) is 0 Å². The maximum absolute atomic E-state index is 13.2. The number of amides is 2. The fourth-order valence-corrected chi connectivity index (χ4v) is 3.76. The summed E-state index contributed by atoms with van der Waals surface area (Å²) in [6.07, 6.45) is 2.30. The molecular formula is C21H22ClFN4O3. The summed E-state index contributed by atoms with van der Waals surface area (Å²) < 4.78 is 26.1. The number of nitrogens with zero attached hydrogens (tertiary/aromatic N) is 3. The summed E-state index contributed by atoms with van der Waals surface area (Å²) in [5.41, 5.74) is 3.60. The molecule has 2 amide bonds. The van der Waals surface area contributed by atoms with Gasteiger partial charge in [-0.2, -0.15) is 5.10 Å². The molecule has 0 bridgehead atoms. The number of aromatic nitrogens is 2. The van der Waals surface area contributed by atoms with E-state index in [4.69, 9.17) is 20.8 Å². The second-order valence-corrected chi connectivity index (χ2v) is 7.54. The highest BCUT2D eigenvalue weighted by molar-refractivity contribution is 6.31. The lowest BCUT2D eigenvalue weighted by atomic mass is 10.1. The van der Waals surface area contributed by atoms with Gasteiger partial charge < -0.3 is 19.4 Å². The Bertz CT molecular complexity index is 1040. The number of hydrogen-bond acceptors (Lipinski definition) is 4. The molecule has 1 N–H and O–H groups in total. The number of carbonyl (C=O) groups is 1. The van der Waals surface area contributed by atoms with Crippen LogP contribution in [0.25, 0.3) is 0 Å². The van der Waals surface area contributed by atoms with Crippen LogP contribution in [0.3, 0.4) is 0 Å². The molecule has 0 fully saturated rings. The van der Waals surface area contributed by atoms with Crippen LogP contribution in [-0.2, 0) is 44.5 Å². The molecule has 0 unspecified atom stereocenters. The van der Waals surface area contributed by atoms with Gasteiger partial charge in [0.05, 0.1) is 38.3 Å². The van der Waals surface area contributed by atoms with Gasteiger partial charge in [-0.3, -0.25) is 4.68 Å². The molecule has 9 heteroatoms. The summed E-state index contributed by atoms with van der Waals surface area (Å²) in [6.45, 7) is 1.94. The smallest absolute Gasteiger partial charge is 0.318 e. The highest BCUT2D eigenvalue weighted by Crippen LogP contribution is 2.24. The minimum atomic E-state index is -0.382. The number of carbonyl (C=O) groups excluding carboxylic acids is 1. The highest BCUT2D eigenvalue weighted by atomic mass is 35.5. The van der Waals surface area contributed by atoms with Gasteiger partial charge in [-0.1, -0.05) is 17.7 Å². The minimum Gasteiger partial charge on any atom is -0.467 e. The fraction of sp³-hybridized carbons (Fsp3) is 0.333. The highest BCUT2D eigenvalue weighted by Gasteiger charge is 2.26. The number of halogens is 2. The van der Waals surface area contributed by atoms with Crippen LogP contribution < -0.4 is 5.32 Å². The van der Waals surface area contributed by atoms with Crippen LogP contribution in [-0.4, -0.2) is 27.3 Å². The van der Waals surface area contributed by atoms with Gasteiger partial charge in [-0.05, 0) is 29.8 Å². The molecule has 30 heavy (non-hydrogen) atoms. The zero-order valence-electron chi connectivity index (χ0n) is 16.5. The van der Waals surface area contributed by atoms with Crippen molar-refractivity contribution >= 4 is 17.6 Å². The Labute approximate surface area is 178 Å². The number of ether oxygens (including phenoxy) is 1. The van der Waals surface area contributed by atoms with Crippen LogP contribution in [0, 0.1) is 5.82 Å². The molecule has 3 aromatic rings. The zero-order valence-corrected chi connectivity index (χ0v) is 17.3. The summed E-state index contributed by atoms with van der Waals surface area (Å²) in [5.74, 6) is 0.323. The van der Waals surface area contributed by atoms with E-state index in [0.717, 1.165) is 23.4 Å². The first-order chi connectivity index (χ1) is 14.5. The first-order valence-corrected chi connectivity index (χ1v) is 9.99. The summed E-state index contributed by atoms with van der Waals surface area (Å²) in [5, 5.41) is 7.77. The molecule has 3 heterocycles. The van der Waals surface area contributed by atoms with Crippen molar-refractivity contribution in [1.29, 1.82) is 0 Å². The molecule has 2 aromatic heterocycles. The van der Waals surface area contributed by atoms with E-state index in [-0.39, 0.29) is 25.1 Å². The van der Waals surface area contributed by atoms with Crippen molar-refractivity contribution in [3.8, 4) is 0 Å². The SMILES string of the molecule is Cn1nc(COCc2ccc(F)cc2Cl)c2c1CCN(C(=O)NCc1ccco1)C2. The summed E-state index contributed by atoms with van der Waals surface area (Å²) in [7, 11) is 1.89. The average Bonchev–Trinajstić information content (AvgIpc) is 3.36. The number of fused-ring (bicyclic) bond motifs is 1. The van der Waals surface area contributed by atoms with Crippen molar-refractivity contribution in [2.24, 2.45) is 7.05 Å². The van der Waals surface area contributed by atoms with Crippen molar-refractivity contribution in [3.63, 3.8) is 0 Å². The quantitative estimate of drug-likeness (QED) is 0.643. The first-order valence-electron chi connectivity index (χ1n) is 9.61. The molecule has 1 aliphatic heterocycles. The number of rotatable bonds is 6. The lowest BCUT2D eigenvalue weighted by Gasteiger charge is -2.27.